The zero-order valence-corrected chi connectivity index (χ0v) is 17.4. The lowest BCUT2D eigenvalue weighted by Crippen LogP contribution is -2.52. The number of nitrogens with one attached hydrogen (secondary N) is 1. The Labute approximate surface area is 178 Å². The van der Waals surface area contributed by atoms with Gasteiger partial charge in [0.05, 0.1) is 24.4 Å². The first kappa shape index (κ1) is 22.2. The van der Waals surface area contributed by atoms with Crippen LogP contribution in [0.5, 0.6) is 5.75 Å². The Morgan fingerprint density at radius 2 is 1.73 bits per heavy atom. The fraction of sp³-hybridized carbons (Fsp3) is 0.381. The zero-order valence-electron chi connectivity index (χ0n) is 16.7. The Hall–Kier alpha value is -2.45. The van der Waals surface area contributed by atoms with E-state index in [9.17, 15) is 18.0 Å². The first-order chi connectivity index (χ1) is 14.2. The van der Waals surface area contributed by atoms with Crippen LogP contribution < -0.4 is 15.0 Å². The third-order valence-corrected chi connectivity index (χ3v) is 5.46. The number of ether oxygens (including phenoxy) is 1. The van der Waals surface area contributed by atoms with Gasteiger partial charge in [-0.05, 0) is 49.4 Å². The SMILES string of the molecule is COc1ccc(N2CCN([C@@H](C)C(=O)Nc3ccc(Cl)cc3C(F)(F)F)CC2)cc1. The molecule has 2 aromatic carbocycles. The van der Waals surface area contributed by atoms with Crippen LogP contribution in [-0.4, -0.2) is 50.1 Å². The molecule has 0 bridgehead atoms. The van der Waals surface area contributed by atoms with Crippen molar-refractivity contribution in [1.82, 2.24) is 4.90 Å². The number of amides is 1. The summed E-state index contributed by atoms with van der Waals surface area (Å²) in [6, 6.07) is 10.5. The number of benzene rings is 2. The van der Waals surface area contributed by atoms with Gasteiger partial charge in [-0.2, -0.15) is 13.2 Å². The molecule has 1 atom stereocenters. The molecule has 9 heteroatoms. The van der Waals surface area contributed by atoms with Crippen molar-refractivity contribution >= 4 is 28.9 Å². The number of alkyl halides is 3. The van der Waals surface area contributed by atoms with Crippen LogP contribution in [0.2, 0.25) is 5.02 Å². The van der Waals surface area contributed by atoms with Gasteiger partial charge in [-0.15, -0.1) is 0 Å². The van der Waals surface area contributed by atoms with Gasteiger partial charge in [0.15, 0.2) is 0 Å². The van der Waals surface area contributed by atoms with E-state index in [2.05, 4.69) is 10.2 Å². The summed E-state index contributed by atoms with van der Waals surface area (Å²) < 4.78 is 44.9. The third-order valence-electron chi connectivity index (χ3n) is 5.22. The Morgan fingerprint density at radius 3 is 2.30 bits per heavy atom. The van der Waals surface area contributed by atoms with E-state index in [1.165, 1.54) is 12.1 Å². The lowest BCUT2D eigenvalue weighted by molar-refractivity contribution is -0.137. The van der Waals surface area contributed by atoms with Crippen molar-refractivity contribution < 1.29 is 22.7 Å². The van der Waals surface area contributed by atoms with Crippen LogP contribution in [-0.2, 0) is 11.0 Å². The second kappa shape index (κ2) is 9.14. The molecule has 162 valence electrons. The average molecular weight is 442 g/mol. The summed E-state index contributed by atoms with van der Waals surface area (Å²) in [6.07, 6.45) is -4.61. The average Bonchev–Trinajstić information content (AvgIpc) is 2.74. The molecule has 1 N–H and O–H groups in total. The monoisotopic (exact) mass is 441 g/mol. The second-order valence-electron chi connectivity index (χ2n) is 7.07. The first-order valence-electron chi connectivity index (χ1n) is 9.49. The van der Waals surface area contributed by atoms with Crippen molar-refractivity contribution in [3.05, 3.63) is 53.1 Å². The van der Waals surface area contributed by atoms with Gasteiger partial charge < -0.3 is 15.0 Å². The topological polar surface area (TPSA) is 44.8 Å². The number of anilines is 2. The smallest absolute Gasteiger partial charge is 0.418 e. The van der Waals surface area contributed by atoms with E-state index in [4.69, 9.17) is 16.3 Å². The molecule has 1 aliphatic rings. The lowest BCUT2D eigenvalue weighted by Gasteiger charge is -2.38. The van der Waals surface area contributed by atoms with Crippen LogP contribution in [0.4, 0.5) is 24.5 Å². The minimum atomic E-state index is -4.61. The van der Waals surface area contributed by atoms with E-state index in [0.29, 0.717) is 26.2 Å². The summed E-state index contributed by atoms with van der Waals surface area (Å²) in [7, 11) is 1.61. The molecule has 0 aromatic heterocycles. The summed E-state index contributed by atoms with van der Waals surface area (Å²) in [6.45, 7) is 4.35. The highest BCUT2D eigenvalue weighted by Gasteiger charge is 2.35. The van der Waals surface area contributed by atoms with Crippen LogP contribution >= 0.6 is 11.6 Å². The summed E-state index contributed by atoms with van der Waals surface area (Å²) >= 11 is 5.69. The molecule has 3 rings (SSSR count). The maximum absolute atomic E-state index is 13.3. The van der Waals surface area contributed by atoms with Gasteiger partial charge in [0, 0.05) is 36.9 Å². The van der Waals surface area contributed by atoms with Crippen molar-refractivity contribution in [1.29, 1.82) is 0 Å². The summed E-state index contributed by atoms with van der Waals surface area (Å²) in [4.78, 5) is 16.8. The minimum absolute atomic E-state index is 0.0389. The van der Waals surface area contributed by atoms with Crippen molar-refractivity contribution in [3.63, 3.8) is 0 Å². The van der Waals surface area contributed by atoms with Crippen molar-refractivity contribution in [2.75, 3.05) is 43.5 Å². The number of methoxy groups -OCH3 is 1. The molecule has 0 unspecified atom stereocenters. The highest BCUT2D eigenvalue weighted by atomic mass is 35.5. The van der Waals surface area contributed by atoms with Crippen molar-refractivity contribution in [2.45, 2.75) is 19.1 Å². The molecule has 0 aliphatic carbocycles. The van der Waals surface area contributed by atoms with Gasteiger partial charge in [-0.25, -0.2) is 0 Å². The van der Waals surface area contributed by atoms with E-state index < -0.39 is 23.7 Å². The van der Waals surface area contributed by atoms with E-state index in [1.54, 1.807) is 14.0 Å². The number of nitrogens with zero attached hydrogens (tertiary/aromatic N) is 2. The Bertz CT molecular complexity index is 882. The second-order valence-corrected chi connectivity index (χ2v) is 7.51. The Balaban J connectivity index is 1.61. The molecule has 1 saturated heterocycles. The van der Waals surface area contributed by atoms with Crippen LogP contribution in [0.25, 0.3) is 0 Å². The molecular weight excluding hydrogens is 419 g/mol. The van der Waals surface area contributed by atoms with Gasteiger partial charge in [-0.1, -0.05) is 11.6 Å². The van der Waals surface area contributed by atoms with Gasteiger partial charge in [0.1, 0.15) is 5.75 Å². The van der Waals surface area contributed by atoms with Crippen molar-refractivity contribution in [3.8, 4) is 5.75 Å². The van der Waals surface area contributed by atoms with Crippen molar-refractivity contribution in [2.24, 2.45) is 0 Å². The summed E-state index contributed by atoms with van der Waals surface area (Å²) in [5.41, 5.74) is -0.191. The van der Waals surface area contributed by atoms with Gasteiger partial charge in [0.25, 0.3) is 0 Å². The molecule has 5 nitrogen and oxygen atoms in total. The molecular formula is C21H23ClF3N3O2. The predicted molar refractivity (Wildman–Crippen MR) is 111 cm³/mol. The highest BCUT2D eigenvalue weighted by molar-refractivity contribution is 6.30. The van der Waals surface area contributed by atoms with E-state index in [0.717, 1.165) is 17.5 Å². The minimum Gasteiger partial charge on any atom is -0.497 e. The number of hydrogen-bond acceptors (Lipinski definition) is 4. The maximum Gasteiger partial charge on any atom is 0.418 e. The first-order valence-corrected chi connectivity index (χ1v) is 9.87. The number of carbonyl (C=O) groups excluding carboxylic acids is 1. The van der Waals surface area contributed by atoms with Crippen LogP contribution in [0.1, 0.15) is 12.5 Å². The Kier molecular flexibility index (Phi) is 6.77. The normalized spacial score (nSPS) is 16.3. The van der Waals surface area contributed by atoms with Gasteiger partial charge in [0.2, 0.25) is 5.91 Å². The van der Waals surface area contributed by atoms with Crippen LogP contribution in [0.3, 0.4) is 0 Å². The van der Waals surface area contributed by atoms with Gasteiger partial charge >= 0.3 is 6.18 Å². The third kappa shape index (κ3) is 5.17. The molecule has 1 heterocycles. The molecule has 1 aliphatic heterocycles. The van der Waals surface area contributed by atoms with Gasteiger partial charge in [-0.3, -0.25) is 9.69 Å². The molecule has 30 heavy (non-hydrogen) atoms. The molecule has 0 saturated carbocycles. The maximum atomic E-state index is 13.3. The standard InChI is InChI=1S/C21H23ClF3N3O2/c1-14(20(29)26-19-8-3-15(22)13-18(19)21(23,24)25)27-9-11-28(12-10-27)16-4-6-17(30-2)7-5-16/h3-8,13-14H,9-12H2,1-2H3,(H,26,29)/t14-/m0/s1. The quantitative estimate of drug-likeness (QED) is 0.741. The fourth-order valence-corrected chi connectivity index (χ4v) is 3.60. The number of rotatable bonds is 5. The zero-order chi connectivity index (χ0) is 21.9. The number of piperazine rings is 1. The summed E-state index contributed by atoms with van der Waals surface area (Å²) in [5, 5.41) is 2.37. The Morgan fingerprint density at radius 1 is 1.10 bits per heavy atom. The molecule has 2 aromatic rings. The van der Waals surface area contributed by atoms with Crippen LogP contribution in [0.15, 0.2) is 42.5 Å². The van der Waals surface area contributed by atoms with E-state index in [-0.39, 0.29) is 10.7 Å². The lowest BCUT2D eigenvalue weighted by atomic mass is 10.1. The fourth-order valence-electron chi connectivity index (χ4n) is 3.42. The van der Waals surface area contributed by atoms with E-state index in [1.807, 2.05) is 29.2 Å². The summed E-state index contributed by atoms with van der Waals surface area (Å²) in [5.74, 6) is 0.295. The number of carbonyl (C=O) groups is 1. The molecule has 1 amide bonds. The molecule has 0 radical (unpaired) electrons. The highest BCUT2D eigenvalue weighted by Crippen LogP contribution is 2.36. The number of halogens is 4. The largest absolute Gasteiger partial charge is 0.497 e. The molecule has 0 spiro atoms. The molecule has 1 fully saturated rings. The predicted octanol–water partition coefficient (Wildman–Crippen LogP) is 4.52. The van der Waals surface area contributed by atoms with E-state index >= 15 is 0 Å². The van der Waals surface area contributed by atoms with Crippen LogP contribution in [0, 0.1) is 0 Å². The number of hydrogen-bond donors (Lipinski definition) is 1.